The van der Waals surface area contributed by atoms with Gasteiger partial charge in [0.1, 0.15) is 17.8 Å². The van der Waals surface area contributed by atoms with Crippen LogP contribution in [0.1, 0.15) is 42.5 Å². The van der Waals surface area contributed by atoms with Gasteiger partial charge in [-0.25, -0.2) is 4.79 Å². The first-order valence-electron chi connectivity index (χ1n) is 13.2. The van der Waals surface area contributed by atoms with Crippen molar-refractivity contribution in [2.45, 2.75) is 40.5 Å². The maximum Gasteiger partial charge on any atom is 0.343 e. The fraction of sp³-hybridized carbons (Fsp3) is 0.375. The highest BCUT2D eigenvalue weighted by molar-refractivity contribution is 6.37. The summed E-state index contributed by atoms with van der Waals surface area (Å²) in [6.07, 6.45) is 3.37. The van der Waals surface area contributed by atoms with E-state index in [1.165, 1.54) is 6.20 Å². The molecule has 40 heavy (non-hydrogen) atoms. The van der Waals surface area contributed by atoms with Crippen molar-refractivity contribution >= 4 is 29.1 Å². The van der Waals surface area contributed by atoms with E-state index in [9.17, 15) is 19.2 Å². The van der Waals surface area contributed by atoms with Crippen molar-refractivity contribution in [1.82, 2.24) is 9.80 Å². The van der Waals surface area contributed by atoms with E-state index in [-0.39, 0.29) is 30.2 Å². The van der Waals surface area contributed by atoms with Gasteiger partial charge >= 0.3 is 11.9 Å². The zero-order valence-electron chi connectivity index (χ0n) is 24.9. The second kappa shape index (κ2) is 17.4. The normalized spacial score (nSPS) is 11.1. The Labute approximate surface area is 238 Å². The number of esters is 2. The summed E-state index contributed by atoms with van der Waals surface area (Å²) in [5, 5.41) is 0. The predicted octanol–water partition coefficient (Wildman–Crippen LogP) is 4.54. The first-order valence-corrected chi connectivity index (χ1v) is 13.2. The number of ether oxygens (including phenoxy) is 2. The molecule has 8 heteroatoms. The first kappa shape index (κ1) is 33.8. The molecule has 0 atom stereocenters. The van der Waals surface area contributed by atoms with E-state index in [0.717, 1.165) is 22.3 Å². The van der Waals surface area contributed by atoms with E-state index in [0.29, 0.717) is 18.6 Å². The molecule has 0 bridgehead atoms. The Morgan fingerprint density at radius 3 is 1.70 bits per heavy atom. The minimum absolute atomic E-state index is 0.00975. The molecule has 0 aromatic heterocycles. The molecule has 0 saturated carbocycles. The fourth-order valence-electron chi connectivity index (χ4n) is 3.44. The van der Waals surface area contributed by atoms with Crippen LogP contribution < -0.4 is 0 Å². The average Bonchev–Trinajstić information content (AvgIpc) is 2.88. The smallest absolute Gasteiger partial charge is 0.343 e. The van der Waals surface area contributed by atoms with E-state index in [2.05, 4.69) is 0 Å². The van der Waals surface area contributed by atoms with Crippen LogP contribution in [0, 0.1) is 13.8 Å². The summed E-state index contributed by atoms with van der Waals surface area (Å²) in [5.41, 5.74) is 4.40. The van der Waals surface area contributed by atoms with Gasteiger partial charge in [-0.05, 0) is 38.8 Å². The quantitative estimate of drug-likeness (QED) is 0.165. The molecule has 0 amide bonds. The number of nitrogens with zero attached hydrogens (tertiary/aromatic N) is 2. The number of carbonyl (C=O) groups excluding carboxylic acids is 4. The van der Waals surface area contributed by atoms with Crippen molar-refractivity contribution in [1.29, 1.82) is 0 Å². The van der Waals surface area contributed by atoms with Gasteiger partial charge in [0.25, 0.3) is 0 Å². The molecule has 0 heterocycles. The topological polar surface area (TPSA) is 93.2 Å². The summed E-state index contributed by atoms with van der Waals surface area (Å²) in [7, 11) is 7.18. The second-order valence-corrected chi connectivity index (χ2v) is 9.61. The lowest BCUT2D eigenvalue weighted by atomic mass is 9.97. The van der Waals surface area contributed by atoms with Crippen LogP contribution in [0.15, 0.2) is 66.5 Å². The number of rotatable bonds is 12. The molecule has 0 radical (unpaired) electrons. The largest absolute Gasteiger partial charge is 0.466 e. The van der Waals surface area contributed by atoms with Crippen LogP contribution in [-0.2, 0) is 35.1 Å². The first-order chi connectivity index (χ1) is 18.9. The fourth-order valence-corrected chi connectivity index (χ4v) is 3.44. The maximum absolute atomic E-state index is 13.0. The summed E-state index contributed by atoms with van der Waals surface area (Å²) >= 11 is 0. The van der Waals surface area contributed by atoms with Gasteiger partial charge in [-0.3, -0.25) is 14.4 Å². The highest BCUT2D eigenvalue weighted by atomic mass is 16.5. The Balaban J connectivity index is 0.000000433. The number of ketones is 2. The Bertz CT molecular complexity index is 1190. The number of hydrogen-bond acceptors (Lipinski definition) is 8. The highest BCUT2D eigenvalue weighted by Crippen LogP contribution is 2.21. The molecule has 0 aliphatic carbocycles. The van der Waals surface area contributed by atoms with Gasteiger partial charge in [0, 0.05) is 52.6 Å². The lowest BCUT2D eigenvalue weighted by Gasteiger charge is -2.15. The number of Topliss-reactive ketones (excluding diaryl/α,β-unsaturated/α-hetero) is 2. The molecule has 2 rings (SSSR count). The summed E-state index contributed by atoms with van der Waals surface area (Å²) in [6.45, 7) is 7.94. The van der Waals surface area contributed by atoms with Gasteiger partial charge in [0.15, 0.2) is 0 Å². The monoisotopic (exact) mass is 550 g/mol. The molecule has 2 aromatic rings. The van der Waals surface area contributed by atoms with E-state index in [4.69, 9.17) is 9.47 Å². The van der Waals surface area contributed by atoms with Crippen molar-refractivity contribution < 1.29 is 28.7 Å². The zero-order valence-corrected chi connectivity index (χ0v) is 24.9. The molecule has 0 unspecified atom stereocenters. The lowest BCUT2D eigenvalue weighted by Crippen LogP contribution is -2.21. The third-order valence-corrected chi connectivity index (χ3v) is 5.29. The average molecular weight is 551 g/mol. The van der Waals surface area contributed by atoms with E-state index >= 15 is 0 Å². The Kier molecular flexibility index (Phi) is 14.7. The van der Waals surface area contributed by atoms with Crippen LogP contribution in [0.2, 0.25) is 0 Å². The van der Waals surface area contributed by atoms with Crippen LogP contribution in [0.5, 0.6) is 0 Å². The molecular weight excluding hydrogens is 508 g/mol. The van der Waals surface area contributed by atoms with Crippen LogP contribution >= 0.6 is 0 Å². The number of hydrogen-bond donors (Lipinski definition) is 0. The Morgan fingerprint density at radius 2 is 1.23 bits per heavy atom. The van der Waals surface area contributed by atoms with Crippen molar-refractivity contribution in [3.63, 3.8) is 0 Å². The molecular formula is C32H42N2O6. The van der Waals surface area contributed by atoms with Gasteiger partial charge in [0.05, 0.1) is 13.2 Å². The predicted molar refractivity (Wildman–Crippen MR) is 157 cm³/mol. The summed E-state index contributed by atoms with van der Waals surface area (Å²) < 4.78 is 9.75. The van der Waals surface area contributed by atoms with Crippen LogP contribution in [-0.4, -0.2) is 74.7 Å². The van der Waals surface area contributed by atoms with E-state index in [1.54, 1.807) is 43.9 Å². The highest BCUT2D eigenvalue weighted by Gasteiger charge is 2.25. The van der Waals surface area contributed by atoms with E-state index in [1.807, 2.05) is 76.5 Å². The maximum atomic E-state index is 13.0. The molecule has 0 aliphatic rings. The molecule has 0 N–H and O–H groups in total. The third-order valence-electron chi connectivity index (χ3n) is 5.29. The Hall–Kier alpha value is -4.20. The molecule has 0 fully saturated rings. The second-order valence-electron chi connectivity index (χ2n) is 9.61. The SMILES string of the molecule is CCOC(=O)C(=CN(C)C)C(=O)C(=CN(C)C)c1ccc(C)cc1.CCOC(=O)CC(=O)Cc1ccc(C)cc1. The molecule has 0 aliphatic heterocycles. The molecule has 216 valence electrons. The van der Waals surface area contributed by atoms with Crippen molar-refractivity contribution in [3.05, 3.63) is 88.8 Å². The standard InChI is InChI=1S/C19H26N2O3.C13H16O3/c1-7-24-19(23)17(13-21(5)6)18(22)16(12-20(3)4)15-10-8-14(2)9-11-15;1-3-16-13(15)9-12(14)8-11-6-4-10(2)5-7-11/h8-13H,7H2,1-6H3;4-7H,3,8-9H2,1-2H3. The summed E-state index contributed by atoms with van der Waals surface area (Å²) in [6, 6.07) is 15.3. The lowest BCUT2D eigenvalue weighted by molar-refractivity contribution is -0.145. The van der Waals surface area contributed by atoms with Crippen molar-refractivity contribution in [3.8, 4) is 0 Å². The minimum Gasteiger partial charge on any atom is -0.466 e. The number of aryl methyl sites for hydroxylation is 2. The van der Waals surface area contributed by atoms with Gasteiger partial charge in [-0.1, -0.05) is 59.7 Å². The number of allylic oxidation sites excluding steroid dienone is 1. The Morgan fingerprint density at radius 1 is 0.725 bits per heavy atom. The summed E-state index contributed by atoms with van der Waals surface area (Å²) in [4.78, 5) is 51.2. The summed E-state index contributed by atoms with van der Waals surface area (Å²) in [5.74, 6) is -1.53. The minimum atomic E-state index is -0.618. The van der Waals surface area contributed by atoms with E-state index < -0.39 is 11.9 Å². The van der Waals surface area contributed by atoms with Gasteiger partial charge in [-0.2, -0.15) is 0 Å². The zero-order chi connectivity index (χ0) is 30.2. The third kappa shape index (κ3) is 12.6. The molecule has 8 nitrogen and oxygen atoms in total. The number of carbonyl (C=O) groups is 4. The van der Waals surface area contributed by atoms with Crippen molar-refractivity contribution in [2.24, 2.45) is 0 Å². The van der Waals surface area contributed by atoms with Gasteiger partial charge < -0.3 is 19.3 Å². The van der Waals surface area contributed by atoms with Gasteiger partial charge in [-0.15, -0.1) is 0 Å². The van der Waals surface area contributed by atoms with Crippen LogP contribution in [0.3, 0.4) is 0 Å². The van der Waals surface area contributed by atoms with Crippen LogP contribution in [0.4, 0.5) is 0 Å². The van der Waals surface area contributed by atoms with Gasteiger partial charge in [0.2, 0.25) is 5.78 Å². The van der Waals surface area contributed by atoms with Crippen LogP contribution in [0.25, 0.3) is 5.57 Å². The molecule has 0 saturated heterocycles. The molecule has 2 aromatic carbocycles. The molecule has 0 spiro atoms. The van der Waals surface area contributed by atoms with Crippen molar-refractivity contribution in [2.75, 3.05) is 41.4 Å². The number of benzene rings is 2.